The highest BCUT2D eigenvalue weighted by atomic mass is 32.2. The normalized spacial score (nSPS) is 32.8. The van der Waals surface area contributed by atoms with E-state index in [-0.39, 0.29) is 6.09 Å². The molecule has 1 amide bonds. The molecule has 2 rings (SSSR count). The number of carbonyl (C=O) groups excluding carboxylic acids is 1. The summed E-state index contributed by atoms with van der Waals surface area (Å²) in [5.74, 6) is 1.07. The van der Waals surface area contributed by atoms with Crippen LogP contribution in [-0.2, 0) is 4.74 Å². The van der Waals surface area contributed by atoms with Crippen LogP contribution in [-0.4, -0.2) is 41.7 Å². The van der Waals surface area contributed by atoms with Gasteiger partial charge in [0.1, 0.15) is 0 Å². The number of amides is 1. The number of hydrogen-bond acceptors (Lipinski definition) is 3. The van der Waals surface area contributed by atoms with Gasteiger partial charge in [0.2, 0.25) is 0 Å². The van der Waals surface area contributed by atoms with E-state index in [9.17, 15) is 4.79 Å². The molecule has 13 heavy (non-hydrogen) atoms. The van der Waals surface area contributed by atoms with Crippen LogP contribution in [0, 0.1) is 0 Å². The summed E-state index contributed by atoms with van der Waals surface area (Å²) in [6.45, 7) is 0.860. The lowest BCUT2D eigenvalue weighted by Gasteiger charge is -2.36. The molecule has 2 unspecified atom stereocenters. The molecule has 1 saturated carbocycles. The molecule has 4 heteroatoms. The molecule has 2 fully saturated rings. The second-order valence-electron chi connectivity index (χ2n) is 3.57. The lowest BCUT2D eigenvalue weighted by molar-refractivity contribution is 0.108. The molecule has 0 aromatic rings. The van der Waals surface area contributed by atoms with Crippen molar-refractivity contribution in [3.8, 4) is 0 Å². The van der Waals surface area contributed by atoms with Crippen molar-refractivity contribution in [1.82, 2.24) is 4.90 Å². The van der Waals surface area contributed by atoms with Gasteiger partial charge in [0, 0.05) is 23.6 Å². The first kappa shape index (κ1) is 9.19. The van der Waals surface area contributed by atoms with E-state index in [0.29, 0.717) is 11.3 Å². The van der Waals surface area contributed by atoms with E-state index in [0.717, 1.165) is 18.7 Å². The van der Waals surface area contributed by atoms with Crippen molar-refractivity contribution in [2.75, 3.05) is 19.4 Å². The van der Waals surface area contributed by atoms with Crippen LogP contribution in [0.2, 0.25) is 0 Å². The summed E-state index contributed by atoms with van der Waals surface area (Å²) in [7, 11) is 1.47. The van der Waals surface area contributed by atoms with Crippen LogP contribution in [0.1, 0.15) is 19.3 Å². The highest BCUT2D eigenvalue weighted by Gasteiger charge is 2.38. The molecule has 0 aromatic carbocycles. The van der Waals surface area contributed by atoms with Gasteiger partial charge in [0.25, 0.3) is 0 Å². The van der Waals surface area contributed by atoms with Gasteiger partial charge in [0.15, 0.2) is 0 Å². The molecule has 1 aliphatic carbocycles. The molecule has 0 radical (unpaired) electrons. The highest BCUT2D eigenvalue weighted by Crippen LogP contribution is 2.36. The van der Waals surface area contributed by atoms with Gasteiger partial charge >= 0.3 is 6.09 Å². The van der Waals surface area contributed by atoms with Gasteiger partial charge in [-0.1, -0.05) is 6.42 Å². The van der Waals surface area contributed by atoms with Gasteiger partial charge in [-0.05, 0) is 12.8 Å². The molecule has 0 aromatic heterocycles. The minimum Gasteiger partial charge on any atom is -0.453 e. The number of methoxy groups -OCH3 is 1. The second-order valence-corrected chi connectivity index (χ2v) is 4.92. The van der Waals surface area contributed by atoms with Crippen molar-refractivity contribution in [3.63, 3.8) is 0 Å². The maximum absolute atomic E-state index is 11.4. The molecule has 74 valence electrons. The Morgan fingerprint density at radius 1 is 1.54 bits per heavy atom. The number of thioether (sulfide) groups is 1. The lowest BCUT2D eigenvalue weighted by atomic mass is 10.2. The van der Waals surface area contributed by atoms with Crippen LogP contribution in [0.5, 0.6) is 0 Å². The summed E-state index contributed by atoms with van der Waals surface area (Å²) in [6, 6.07) is 0.450. The van der Waals surface area contributed by atoms with Crippen molar-refractivity contribution in [2.45, 2.75) is 30.6 Å². The van der Waals surface area contributed by atoms with Crippen LogP contribution in [0.4, 0.5) is 4.79 Å². The third-order valence-corrected chi connectivity index (χ3v) is 4.29. The third-order valence-electron chi connectivity index (χ3n) is 2.89. The van der Waals surface area contributed by atoms with Gasteiger partial charge in [0.05, 0.1) is 7.11 Å². The molecule has 0 bridgehead atoms. The van der Waals surface area contributed by atoms with E-state index < -0.39 is 0 Å². The fourth-order valence-electron chi connectivity index (χ4n) is 2.27. The van der Waals surface area contributed by atoms with Crippen LogP contribution in [0.25, 0.3) is 0 Å². The number of nitrogens with zero attached hydrogens (tertiary/aromatic N) is 1. The van der Waals surface area contributed by atoms with Gasteiger partial charge in [-0.25, -0.2) is 4.79 Å². The van der Waals surface area contributed by atoms with Gasteiger partial charge < -0.3 is 9.64 Å². The van der Waals surface area contributed by atoms with Crippen LogP contribution < -0.4 is 0 Å². The Morgan fingerprint density at radius 3 is 3.15 bits per heavy atom. The van der Waals surface area contributed by atoms with Crippen molar-refractivity contribution in [1.29, 1.82) is 0 Å². The van der Waals surface area contributed by atoms with Gasteiger partial charge in [-0.15, -0.1) is 0 Å². The molecule has 3 nitrogen and oxygen atoms in total. The minimum absolute atomic E-state index is 0.141. The van der Waals surface area contributed by atoms with E-state index in [4.69, 9.17) is 4.74 Å². The SMILES string of the molecule is COC(=O)N1CCSC2CCCC21. The number of ether oxygens (including phenoxy) is 1. The Hall–Kier alpha value is -0.380. The van der Waals surface area contributed by atoms with Crippen molar-refractivity contribution in [2.24, 2.45) is 0 Å². The average molecular weight is 201 g/mol. The quantitative estimate of drug-likeness (QED) is 0.597. The van der Waals surface area contributed by atoms with E-state index in [1.54, 1.807) is 0 Å². The van der Waals surface area contributed by atoms with Crippen LogP contribution >= 0.6 is 11.8 Å². The average Bonchev–Trinajstić information content (AvgIpc) is 2.63. The topological polar surface area (TPSA) is 29.5 Å². The van der Waals surface area contributed by atoms with E-state index in [1.165, 1.54) is 20.0 Å². The molecule has 0 spiro atoms. The molecule has 1 aliphatic heterocycles. The molecular weight excluding hydrogens is 186 g/mol. The molecule has 1 saturated heterocycles. The highest BCUT2D eigenvalue weighted by molar-refractivity contribution is 8.00. The largest absolute Gasteiger partial charge is 0.453 e. The molecular formula is C9H15NO2S. The summed E-state index contributed by atoms with van der Waals surface area (Å²) in [6.07, 6.45) is 3.54. The van der Waals surface area contributed by atoms with Crippen LogP contribution in [0.3, 0.4) is 0 Å². The van der Waals surface area contributed by atoms with E-state index in [1.807, 2.05) is 16.7 Å². The monoisotopic (exact) mass is 201 g/mol. The van der Waals surface area contributed by atoms with Crippen LogP contribution in [0.15, 0.2) is 0 Å². The fraction of sp³-hybridized carbons (Fsp3) is 0.889. The number of rotatable bonds is 0. The van der Waals surface area contributed by atoms with Gasteiger partial charge in [-0.2, -0.15) is 11.8 Å². The zero-order valence-corrected chi connectivity index (χ0v) is 8.68. The summed E-state index contributed by atoms with van der Waals surface area (Å²) in [5, 5.41) is 0.674. The maximum Gasteiger partial charge on any atom is 0.409 e. The maximum atomic E-state index is 11.4. The summed E-state index contributed by atoms with van der Waals surface area (Å²) < 4.78 is 4.78. The molecule has 2 atom stereocenters. The number of fused-ring (bicyclic) bond motifs is 1. The Kier molecular flexibility index (Phi) is 2.67. The first-order valence-corrected chi connectivity index (χ1v) is 5.84. The minimum atomic E-state index is -0.141. The number of carbonyl (C=O) groups is 1. The Bertz CT molecular complexity index is 210. The Labute approximate surface area is 82.8 Å². The summed E-state index contributed by atoms with van der Waals surface area (Å²) in [4.78, 5) is 13.3. The standard InChI is InChI=1S/C9H15NO2S/c1-12-9(11)10-5-6-13-8-4-2-3-7(8)10/h7-8H,2-6H2,1H3. The van der Waals surface area contributed by atoms with Crippen molar-refractivity contribution >= 4 is 17.9 Å². The summed E-state index contributed by atoms with van der Waals surface area (Å²) in [5.41, 5.74) is 0. The van der Waals surface area contributed by atoms with Gasteiger partial charge in [-0.3, -0.25) is 0 Å². The molecule has 0 N–H and O–H groups in total. The zero-order valence-electron chi connectivity index (χ0n) is 7.86. The zero-order chi connectivity index (χ0) is 9.26. The predicted octanol–water partition coefficient (Wildman–Crippen LogP) is 1.72. The fourth-order valence-corrected chi connectivity index (χ4v) is 3.71. The Balaban J connectivity index is 2.05. The van der Waals surface area contributed by atoms with Crippen molar-refractivity contribution < 1.29 is 9.53 Å². The molecule has 1 heterocycles. The lowest BCUT2D eigenvalue weighted by Crippen LogP contribution is -2.47. The van der Waals surface area contributed by atoms with Crippen molar-refractivity contribution in [3.05, 3.63) is 0 Å². The second kappa shape index (κ2) is 3.78. The first-order chi connectivity index (χ1) is 6.33. The summed E-state index contributed by atoms with van der Waals surface area (Å²) >= 11 is 2.02. The number of hydrogen-bond donors (Lipinski definition) is 0. The third kappa shape index (κ3) is 1.64. The molecule has 2 aliphatic rings. The smallest absolute Gasteiger partial charge is 0.409 e. The van der Waals surface area contributed by atoms with E-state index in [2.05, 4.69) is 0 Å². The van der Waals surface area contributed by atoms with E-state index >= 15 is 0 Å². The predicted molar refractivity (Wildman–Crippen MR) is 53.0 cm³/mol. The Morgan fingerprint density at radius 2 is 2.38 bits per heavy atom. The first-order valence-electron chi connectivity index (χ1n) is 4.79.